The third-order valence-corrected chi connectivity index (χ3v) is 3.82. The lowest BCUT2D eigenvalue weighted by atomic mass is 9.80. The molecule has 2 nitrogen and oxygen atoms in total. The number of pyridine rings is 1. The molecule has 2 N–H and O–H groups in total. The molecule has 18 heavy (non-hydrogen) atoms. The summed E-state index contributed by atoms with van der Waals surface area (Å²) in [7, 11) is 0. The van der Waals surface area contributed by atoms with Crippen LogP contribution >= 0.6 is 23.2 Å². The molecule has 1 aromatic heterocycles. The molecule has 0 atom stereocenters. The predicted molar refractivity (Wildman–Crippen MR) is 68.1 cm³/mol. The van der Waals surface area contributed by atoms with Crippen LogP contribution in [0.5, 0.6) is 0 Å². The summed E-state index contributed by atoms with van der Waals surface area (Å²) in [6.07, 6.45) is 2.11. The first-order chi connectivity index (χ1) is 8.39. The third-order valence-electron chi connectivity index (χ3n) is 3.43. The number of hydrogen-bond donors (Lipinski definition) is 1. The summed E-state index contributed by atoms with van der Waals surface area (Å²) in [6.45, 7) is 0. The summed E-state index contributed by atoms with van der Waals surface area (Å²) in [5, 5.41) is -0.0191. The molecule has 0 saturated heterocycles. The van der Waals surface area contributed by atoms with E-state index in [2.05, 4.69) is 4.98 Å². The summed E-state index contributed by atoms with van der Waals surface area (Å²) >= 11 is 11.3. The van der Waals surface area contributed by atoms with Crippen LogP contribution in [0.15, 0.2) is 12.1 Å². The Balaban J connectivity index is 2.24. The zero-order valence-corrected chi connectivity index (χ0v) is 11.2. The summed E-state index contributed by atoms with van der Waals surface area (Å²) in [5.74, 6) is -3.64. The van der Waals surface area contributed by atoms with E-state index >= 15 is 0 Å². The van der Waals surface area contributed by atoms with Crippen molar-refractivity contribution in [1.29, 1.82) is 0 Å². The number of halogens is 4. The van der Waals surface area contributed by atoms with E-state index in [-0.39, 0.29) is 21.9 Å². The second-order valence-electron chi connectivity index (χ2n) is 4.74. The van der Waals surface area contributed by atoms with E-state index in [1.54, 1.807) is 0 Å². The number of hydrogen-bond acceptors (Lipinski definition) is 2. The number of aromatic nitrogens is 1. The lowest BCUT2D eigenvalue weighted by Gasteiger charge is -2.32. The SMILES string of the molecule is N[C@H]1CC[C@@H](C(F)(F)c2cc(Cl)nc(Cl)c2)CC1. The van der Waals surface area contributed by atoms with Crippen molar-refractivity contribution in [2.75, 3.05) is 0 Å². The number of alkyl halides is 2. The maximum Gasteiger partial charge on any atom is 0.276 e. The standard InChI is InChI=1S/C12H14Cl2F2N2/c13-10-5-8(6-11(14)18-10)12(15,16)7-1-3-9(17)4-2-7/h5-7,9H,1-4,17H2/t7-,9+. The molecule has 0 amide bonds. The van der Waals surface area contributed by atoms with Crippen molar-refractivity contribution in [1.82, 2.24) is 4.98 Å². The summed E-state index contributed by atoms with van der Waals surface area (Å²) < 4.78 is 28.7. The molecular weight excluding hydrogens is 281 g/mol. The summed E-state index contributed by atoms with van der Waals surface area (Å²) in [5.41, 5.74) is 5.57. The minimum absolute atomic E-state index is 0.00955. The molecule has 0 unspecified atom stereocenters. The van der Waals surface area contributed by atoms with Crippen LogP contribution in [0.4, 0.5) is 8.78 Å². The predicted octanol–water partition coefficient (Wildman–Crippen LogP) is 4.00. The molecule has 1 heterocycles. The van der Waals surface area contributed by atoms with Crippen LogP contribution in [-0.4, -0.2) is 11.0 Å². The van der Waals surface area contributed by atoms with Crippen LogP contribution in [-0.2, 0) is 5.92 Å². The Labute approximate surface area is 114 Å². The van der Waals surface area contributed by atoms with Gasteiger partial charge in [-0.3, -0.25) is 0 Å². The van der Waals surface area contributed by atoms with Gasteiger partial charge >= 0.3 is 0 Å². The normalized spacial score (nSPS) is 25.2. The Bertz CT molecular complexity index is 412. The van der Waals surface area contributed by atoms with Gasteiger partial charge in [0, 0.05) is 17.5 Å². The first-order valence-corrected chi connectivity index (χ1v) is 6.62. The molecule has 0 bridgehead atoms. The minimum atomic E-state index is -2.93. The topological polar surface area (TPSA) is 38.9 Å². The molecule has 1 fully saturated rings. The lowest BCUT2D eigenvalue weighted by molar-refractivity contribution is -0.0790. The van der Waals surface area contributed by atoms with Crippen molar-refractivity contribution in [3.05, 3.63) is 28.0 Å². The van der Waals surface area contributed by atoms with Crippen LogP contribution in [0.3, 0.4) is 0 Å². The fourth-order valence-corrected chi connectivity index (χ4v) is 2.84. The van der Waals surface area contributed by atoms with Gasteiger partial charge in [-0.05, 0) is 37.8 Å². The van der Waals surface area contributed by atoms with E-state index in [4.69, 9.17) is 28.9 Å². The smallest absolute Gasteiger partial charge is 0.276 e. The molecule has 6 heteroatoms. The van der Waals surface area contributed by atoms with Gasteiger partial charge in [-0.15, -0.1) is 0 Å². The molecule has 0 radical (unpaired) electrons. The lowest BCUT2D eigenvalue weighted by Crippen LogP contribution is -2.34. The second-order valence-corrected chi connectivity index (χ2v) is 5.51. The maximum absolute atomic E-state index is 14.3. The van der Waals surface area contributed by atoms with Gasteiger partial charge < -0.3 is 5.73 Å². The van der Waals surface area contributed by atoms with Gasteiger partial charge in [-0.25, -0.2) is 13.8 Å². The molecule has 0 aliphatic heterocycles. The number of rotatable bonds is 2. The van der Waals surface area contributed by atoms with E-state index < -0.39 is 11.8 Å². The van der Waals surface area contributed by atoms with Crippen LogP contribution in [0.2, 0.25) is 10.3 Å². The first kappa shape index (κ1) is 14.0. The maximum atomic E-state index is 14.3. The monoisotopic (exact) mass is 294 g/mol. The number of nitrogens with two attached hydrogens (primary N) is 1. The van der Waals surface area contributed by atoms with Crippen molar-refractivity contribution in [2.24, 2.45) is 11.7 Å². The van der Waals surface area contributed by atoms with Crippen LogP contribution in [0.1, 0.15) is 31.2 Å². The molecule has 1 aliphatic carbocycles. The quantitative estimate of drug-likeness (QED) is 0.838. The Morgan fingerprint density at radius 3 is 2.11 bits per heavy atom. The minimum Gasteiger partial charge on any atom is -0.328 e. The highest BCUT2D eigenvalue weighted by atomic mass is 35.5. The van der Waals surface area contributed by atoms with Crippen LogP contribution in [0, 0.1) is 5.92 Å². The molecular formula is C12H14Cl2F2N2. The van der Waals surface area contributed by atoms with Gasteiger partial charge in [0.1, 0.15) is 10.3 Å². The average Bonchev–Trinajstić information content (AvgIpc) is 2.28. The Kier molecular flexibility index (Phi) is 4.09. The average molecular weight is 295 g/mol. The second kappa shape index (κ2) is 5.27. The molecule has 1 aromatic rings. The fourth-order valence-electron chi connectivity index (χ4n) is 2.37. The molecule has 0 spiro atoms. The Hall–Kier alpha value is -0.450. The van der Waals surface area contributed by atoms with Crippen molar-refractivity contribution < 1.29 is 8.78 Å². The van der Waals surface area contributed by atoms with Crippen molar-refractivity contribution in [3.8, 4) is 0 Å². The molecule has 2 rings (SSSR count). The number of nitrogens with zero attached hydrogens (tertiary/aromatic N) is 1. The highest BCUT2D eigenvalue weighted by Crippen LogP contribution is 2.44. The highest BCUT2D eigenvalue weighted by Gasteiger charge is 2.42. The van der Waals surface area contributed by atoms with Gasteiger partial charge in [0.15, 0.2) is 0 Å². The van der Waals surface area contributed by atoms with E-state index in [1.165, 1.54) is 12.1 Å². The summed E-state index contributed by atoms with van der Waals surface area (Å²) in [6, 6.07) is 2.41. The molecule has 1 saturated carbocycles. The largest absolute Gasteiger partial charge is 0.328 e. The zero-order chi connectivity index (χ0) is 13.3. The fraction of sp³-hybridized carbons (Fsp3) is 0.583. The molecule has 1 aliphatic rings. The van der Waals surface area contributed by atoms with Crippen molar-refractivity contribution in [2.45, 2.75) is 37.6 Å². The summed E-state index contributed by atoms with van der Waals surface area (Å²) in [4.78, 5) is 3.68. The van der Waals surface area contributed by atoms with Gasteiger partial charge in [0.2, 0.25) is 0 Å². The zero-order valence-electron chi connectivity index (χ0n) is 9.67. The Morgan fingerprint density at radius 1 is 1.11 bits per heavy atom. The van der Waals surface area contributed by atoms with Crippen molar-refractivity contribution in [3.63, 3.8) is 0 Å². The van der Waals surface area contributed by atoms with Gasteiger partial charge in [-0.1, -0.05) is 23.2 Å². The third kappa shape index (κ3) is 2.92. The Morgan fingerprint density at radius 2 is 1.61 bits per heavy atom. The van der Waals surface area contributed by atoms with Gasteiger partial charge in [0.25, 0.3) is 5.92 Å². The van der Waals surface area contributed by atoms with Crippen molar-refractivity contribution >= 4 is 23.2 Å². The molecule has 100 valence electrons. The van der Waals surface area contributed by atoms with Gasteiger partial charge in [-0.2, -0.15) is 0 Å². The first-order valence-electron chi connectivity index (χ1n) is 5.86. The van der Waals surface area contributed by atoms with Crippen LogP contribution < -0.4 is 5.73 Å². The van der Waals surface area contributed by atoms with Crippen LogP contribution in [0.25, 0.3) is 0 Å². The molecule has 0 aromatic carbocycles. The van der Waals surface area contributed by atoms with E-state index in [0.717, 1.165) is 0 Å². The highest BCUT2D eigenvalue weighted by molar-refractivity contribution is 6.32. The van der Waals surface area contributed by atoms with Gasteiger partial charge in [0.05, 0.1) is 0 Å². The van der Waals surface area contributed by atoms with E-state index in [0.29, 0.717) is 25.7 Å². The van der Waals surface area contributed by atoms with E-state index in [9.17, 15) is 8.78 Å². The van der Waals surface area contributed by atoms with E-state index in [1.807, 2.05) is 0 Å².